The molecule has 2 aromatic rings. The van der Waals surface area contributed by atoms with E-state index in [0.717, 1.165) is 20.0 Å². The van der Waals surface area contributed by atoms with Gasteiger partial charge in [-0.1, -0.05) is 0 Å². The maximum atomic E-state index is 14.5. The average Bonchev–Trinajstić information content (AvgIpc) is 3.25. The number of amides is 1. The van der Waals surface area contributed by atoms with E-state index in [1.165, 1.54) is 0 Å². The van der Waals surface area contributed by atoms with E-state index in [1.54, 1.807) is 11.1 Å². The van der Waals surface area contributed by atoms with Gasteiger partial charge in [0.15, 0.2) is 17.4 Å². The molecule has 1 amide bonds. The largest absolute Gasteiger partial charge is 0.491 e. The van der Waals surface area contributed by atoms with Crippen molar-refractivity contribution in [1.82, 2.24) is 14.7 Å². The molecule has 2 bridgehead atoms. The maximum Gasteiger partial charge on any atom is 0.257 e. The summed E-state index contributed by atoms with van der Waals surface area (Å²) in [5.41, 5.74) is -0.491. The van der Waals surface area contributed by atoms with Crippen LogP contribution in [0.15, 0.2) is 24.5 Å². The Morgan fingerprint density at radius 2 is 1.85 bits per heavy atom. The number of ether oxygens (including phenoxy) is 1. The van der Waals surface area contributed by atoms with E-state index in [9.17, 15) is 18.0 Å². The van der Waals surface area contributed by atoms with Crippen LogP contribution in [0.3, 0.4) is 0 Å². The highest BCUT2D eigenvalue weighted by Crippen LogP contribution is 2.42. The summed E-state index contributed by atoms with van der Waals surface area (Å²) in [4.78, 5) is 14.5. The fraction of sp³-hybridized carbons (Fsp3) is 0.444. The Balaban J connectivity index is 1.63. The van der Waals surface area contributed by atoms with Gasteiger partial charge >= 0.3 is 0 Å². The zero-order valence-electron chi connectivity index (χ0n) is 14.2. The summed E-state index contributed by atoms with van der Waals surface area (Å²) < 4.78 is 48.4. The van der Waals surface area contributed by atoms with Crippen molar-refractivity contribution < 1.29 is 22.7 Å². The van der Waals surface area contributed by atoms with E-state index in [0.29, 0.717) is 18.9 Å². The van der Waals surface area contributed by atoms with Crippen molar-refractivity contribution in [1.29, 1.82) is 0 Å². The molecule has 0 saturated carbocycles. The highest BCUT2D eigenvalue weighted by molar-refractivity contribution is 5.95. The number of fused-ring (bicyclic) bond motifs is 2. The molecule has 5 nitrogen and oxygen atoms in total. The Labute approximate surface area is 148 Å². The lowest BCUT2D eigenvalue weighted by atomic mass is 9.96. The highest BCUT2D eigenvalue weighted by atomic mass is 19.2. The molecule has 26 heavy (non-hydrogen) atoms. The molecule has 2 atom stereocenters. The molecule has 8 heteroatoms. The minimum Gasteiger partial charge on any atom is -0.491 e. The Morgan fingerprint density at radius 3 is 2.42 bits per heavy atom. The van der Waals surface area contributed by atoms with Gasteiger partial charge in [0.05, 0.1) is 18.7 Å². The lowest BCUT2D eigenvalue weighted by molar-refractivity contribution is 0.0518. The quantitative estimate of drug-likeness (QED) is 0.784. The number of halogens is 3. The number of methoxy groups -OCH3 is 1. The van der Waals surface area contributed by atoms with Gasteiger partial charge in [-0.3, -0.25) is 9.48 Å². The smallest absolute Gasteiger partial charge is 0.257 e. The van der Waals surface area contributed by atoms with Crippen molar-refractivity contribution in [2.45, 2.75) is 43.8 Å². The third-order valence-electron chi connectivity index (χ3n) is 5.39. The van der Waals surface area contributed by atoms with E-state index in [4.69, 9.17) is 0 Å². The SMILES string of the molecule is COc1c(F)c(F)cc(C(=O)N2C3CCC2CC(n2cccn2)C3)c1F. The molecule has 4 rings (SSSR count). The summed E-state index contributed by atoms with van der Waals surface area (Å²) in [5.74, 6) is -5.38. The number of hydrogen-bond acceptors (Lipinski definition) is 3. The fourth-order valence-corrected chi connectivity index (χ4v) is 4.25. The summed E-state index contributed by atoms with van der Waals surface area (Å²) in [7, 11) is 1.04. The first kappa shape index (κ1) is 16.9. The first-order valence-electron chi connectivity index (χ1n) is 8.54. The predicted molar refractivity (Wildman–Crippen MR) is 86.3 cm³/mol. The van der Waals surface area contributed by atoms with Crippen molar-refractivity contribution in [3.63, 3.8) is 0 Å². The third-order valence-corrected chi connectivity index (χ3v) is 5.39. The molecule has 2 aliphatic rings. The van der Waals surface area contributed by atoms with Gasteiger partial charge in [0.2, 0.25) is 5.82 Å². The third kappa shape index (κ3) is 2.55. The summed E-state index contributed by atoms with van der Waals surface area (Å²) in [6.45, 7) is 0. The number of hydrogen-bond donors (Lipinski definition) is 0. The van der Waals surface area contributed by atoms with Crippen LogP contribution in [-0.2, 0) is 0 Å². The molecule has 3 heterocycles. The first-order valence-corrected chi connectivity index (χ1v) is 8.54. The second kappa shape index (κ2) is 6.34. The van der Waals surface area contributed by atoms with Crippen LogP contribution >= 0.6 is 0 Å². The number of carbonyl (C=O) groups excluding carboxylic acids is 1. The van der Waals surface area contributed by atoms with Crippen molar-refractivity contribution in [3.8, 4) is 5.75 Å². The Bertz CT molecular complexity index is 827. The number of piperidine rings is 1. The van der Waals surface area contributed by atoms with Crippen molar-refractivity contribution in [2.75, 3.05) is 7.11 Å². The van der Waals surface area contributed by atoms with Crippen LogP contribution in [0, 0.1) is 17.5 Å². The second-order valence-corrected chi connectivity index (χ2v) is 6.78. The van der Waals surface area contributed by atoms with Gasteiger partial charge < -0.3 is 9.64 Å². The van der Waals surface area contributed by atoms with Gasteiger partial charge in [-0.05, 0) is 37.8 Å². The number of benzene rings is 1. The molecule has 1 aromatic carbocycles. The monoisotopic (exact) mass is 365 g/mol. The van der Waals surface area contributed by atoms with Gasteiger partial charge in [-0.25, -0.2) is 8.78 Å². The zero-order chi connectivity index (χ0) is 18.4. The Kier molecular flexibility index (Phi) is 4.13. The van der Waals surface area contributed by atoms with Gasteiger partial charge in [-0.15, -0.1) is 0 Å². The number of aromatic nitrogens is 2. The molecule has 0 spiro atoms. The average molecular weight is 365 g/mol. The number of nitrogens with zero attached hydrogens (tertiary/aromatic N) is 3. The topological polar surface area (TPSA) is 47.4 Å². The standard InChI is InChI=1S/C18H18F3N3O2/c1-26-17-15(20)13(9-14(19)16(17)21)18(25)24-10-3-4-11(24)8-12(7-10)23-6-2-5-22-23/h2,5-6,9-12H,3-4,7-8H2,1H3. The zero-order valence-corrected chi connectivity index (χ0v) is 14.2. The van der Waals surface area contributed by atoms with Gasteiger partial charge in [0.25, 0.3) is 5.91 Å². The van der Waals surface area contributed by atoms with Crippen LogP contribution in [-0.4, -0.2) is 39.8 Å². The van der Waals surface area contributed by atoms with Crippen LogP contribution in [0.4, 0.5) is 13.2 Å². The lowest BCUT2D eigenvalue weighted by Crippen LogP contribution is -2.47. The molecular weight excluding hydrogens is 347 g/mol. The summed E-state index contributed by atoms with van der Waals surface area (Å²) in [5, 5.41) is 4.27. The Hall–Kier alpha value is -2.51. The molecule has 0 radical (unpaired) electrons. The molecule has 0 N–H and O–H groups in total. The van der Waals surface area contributed by atoms with E-state index in [2.05, 4.69) is 9.84 Å². The minimum atomic E-state index is -1.43. The molecule has 2 unspecified atom stereocenters. The van der Waals surface area contributed by atoms with Crippen molar-refractivity contribution in [2.24, 2.45) is 0 Å². The van der Waals surface area contributed by atoms with E-state index in [1.807, 2.05) is 16.9 Å². The number of carbonyl (C=O) groups is 1. The van der Waals surface area contributed by atoms with E-state index >= 15 is 0 Å². The highest BCUT2D eigenvalue weighted by Gasteiger charge is 2.45. The fourth-order valence-electron chi connectivity index (χ4n) is 4.25. The van der Waals surface area contributed by atoms with Crippen LogP contribution in [0.1, 0.15) is 42.1 Å². The van der Waals surface area contributed by atoms with Crippen LogP contribution in [0.25, 0.3) is 0 Å². The van der Waals surface area contributed by atoms with E-state index in [-0.39, 0.29) is 18.1 Å². The molecule has 1 aromatic heterocycles. The Morgan fingerprint density at radius 1 is 1.15 bits per heavy atom. The van der Waals surface area contributed by atoms with Gasteiger partial charge in [0.1, 0.15) is 0 Å². The number of rotatable bonds is 3. The van der Waals surface area contributed by atoms with Gasteiger partial charge in [0, 0.05) is 24.5 Å². The molecular formula is C18H18F3N3O2. The summed E-state index contributed by atoms with van der Waals surface area (Å²) in [6, 6.07) is 2.50. The predicted octanol–water partition coefficient (Wildman–Crippen LogP) is 3.32. The minimum absolute atomic E-state index is 0.0750. The second-order valence-electron chi connectivity index (χ2n) is 6.78. The van der Waals surface area contributed by atoms with E-state index < -0.39 is 34.7 Å². The van der Waals surface area contributed by atoms with Gasteiger partial charge in [-0.2, -0.15) is 9.49 Å². The molecule has 0 aliphatic carbocycles. The van der Waals surface area contributed by atoms with Crippen LogP contribution in [0.5, 0.6) is 5.75 Å². The molecule has 2 aliphatic heterocycles. The maximum absolute atomic E-state index is 14.5. The summed E-state index contributed by atoms with van der Waals surface area (Å²) in [6.07, 6.45) is 6.61. The van der Waals surface area contributed by atoms with Crippen molar-refractivity contribution >= 4 is 5.91 Å². The molecule has 138 valence electrons. The first-order chi connectivity index (χ1) is 12.5. The van der Waals surface area contributed by atoms with Crippen LogP contribution < -0.4 is 4.74 Å². The van der Waals surface area contributed by atoms with Crippen LogP contribution in [0.2, 0.25) is 0 Å². The lowest BCUT2D eigenvalue weighted by Gasteiger charge is -2.39. The summed E-state index contributed by atoms with van der Waals surface area (Å²) >= 11 is 0. The molecule has 2 fully saturated rings. The normalized spacial score (nSPS) is 24.8. The van der Waals surface area contributed by atoms with Crippen molar-refractivity contribution in [3.05, 3.63) is 47.5 Å². The molecule has 2 saturated heterocycles.